The van der Waals surface area contributed by atoms with Crippen LogP contribution < -0.4 is 4.90 Å². The number of fused-ring (bicyclic) bond motifs is 1. The van der Waals surface area contributed by atoms with Crippen LogP contribution in [-0.2, 0) is 4.74 Å². The summed E-state index contributed by atoms with van der Waals surface area (Å²) in [5.41, 5.74) is 0.831. The standard InChI is InChI=1S/C13H15N3O3/c1-16(6-7-19-2)13-14-8-10-9(12(17)18)4-3-5-11(10)15-13/h3-5,8H,6-7H2,1-2H3,(H,17,18). The largest absolute Gasteiger partial charge is 0.478 e. The number of rotatable bonds is 5. The van der Waals surface area contributed by atoms with Gasteiger partial charge >= 0.3 is 5.97 Å². The molecule has 0 radical (unpaired) electrons. The molecule has 1 aromatic heterocycles. The molecule has 0 fully saturated rings. The van der Waals surface area contributed by atoms with Crippen molar-refractivity contribution in [3.8, 4) is 0 Å². The van der Waals surface area contributed by atoms with Crippen LogP contribution in [0.2, 0.25) is 0 Å². The second-order valence-electron chi connectivity index (χ2n) is 4.13. The van der Waals surface area contributed by atoms with Gasteiger partial charge in [-0.3, -0.25) is 0 Å². The van der Waals surface area contributed by atoms with Gasteiger partial charge in [-0.25, -0.2) is 14.8 Å². The molecule has 6 heteroatoms. The lowest BCUT2D eigenvalue weighted by Gasteiger charge is -2.16. The molecule has 0 spiro atoms. The van der Waals surface area contributed by atoms with Crippen LogP contribution >= 0.6 is 0 Å². The van der Waals surface area contributed by atoms with Crippen LogP contribution in [0.1, 0.15) is 10.4 Å². The summed E-state index contributed by atoms with van der Waals surface area (Å²) in [6, 6.07) is 5.00. The zero-order chi connectivity index (χ0) is 13.8. The number of nitrogens with zero attached hydrogens (tertiary/aromatic N) is 3. The molecule has 0 saturated carbocycles. The number of hydrogen-bond acceptors (Lipinski definition) is 5. The van der Waals surface area contributed by atoms with E-state index in [4.69, 9.17) is 9.84 Å². The van der Waals surface area contributed by atoms with E-state index in [2.05, 4.69) is 9.97 Å². The Hall–Kier alpha value is -2.21. The monoisotopic (exact) mass is 261 g/mol. The predicted octanol–water partition coefficient (Wildman–Crippen LogP) is 1.41. The molecule has 0 bridgehead atoms. The number of carbonyl (C=O) groups is 1. The number of hydrogen-bond donors (Lipinski definition) is 1. The van der Waals surface area contributed by atoms with Crippen molar-refractivity contribution in [2.24, 2.45) is 0 Å². The summed E-state index contributed by atoms with van der Waals surface area (Å²) in [6.45, 7) is 1.24. The minimum atomic E-state index is -0.977. The molecule has 19 heavy (non-hydrogen) atoms. The van der Waals surface area contributed by atoms with Gasteiger partial charge in [0.15, 0.2) is 0 Å². The van der Waals surface area contributed by atoms with Gasteiger partial charge in [0.2, 0.25) is 5.95 Å². The fourth-order valence-electron chi connectivity index (χ4n) is 1.74. The van der Waals surface area contributed by atoms with Crippen molar-refractivity contribution in [3.05, 3.63) is 30.0 Å². The first-order valence-electron chi connectivity index (χ1n) is 5.82. The summed E-state index contributed by atoms with van der Waals surface area (Å²) in [5, 5.41) is 9.64. The highest BCUT2D eigenvalue weighted by Crippen LogP contribution is 2.18. The lowest BCUT2D eigenvalue weighted by Crippen LogP contribution is -2.24. The second-order valence-corrected chi connectivity index (χ2v) is 4.13. The van der Waals surface area contributed by atoms with Crippen molar-refractivity contribution in [2.45, 2.75) is 0 Å². The molecular weight excluding hydrogens is 246 g/mol. The number of methoxy groups -OCH3 is 1. The summed E-state index contributed by atoms with van der Waals surface area (Å²) in [4.78, 5) is 21.5. The second kappa shape index (κ2) is 5.62. The Labute approximate surface area is 110 Å². The topological polar surface area (TPSA) is 75.5 Å². The van der Waals surface area contributed by atoms with Crippen LogP contribution in [0.4, 0.5) is 5.95 Å². The Kier molecular flexibility index (Phi) is 3.91. The molecule has 1 heterocycles. The molecule has 0 unspecified atom stereocenters. The minimum Gasteiger partial charge on any atom is -0.478 e. The molecule has 100 valence electrons. The van der Waals surface area contributed by atoms with Gasteiger partial charge in [0.25, 0.3) is 0 Å². The maximum absolute atomic E-state index is 11.1. The number of anilines is 1. The van der Waals surface area contributed by atoms with E-state index in [0.717, 1.165) is 0 Å². The summed E-state index contributed by atoms with van der Waals surface area (Å²) in [7, 11) is 3.50. The average Bonchev–Trinajstić information content (AvgIpc) is 2.43. The van der Waals surface area contributed by atoms with Crippen LogP contribution in [0.25, 0.3) is 10.9 Å². The van der Waals surface area contributed by atoms with Crippen LogP contribution in [0, 0.1) is 0 Å². The number of benzene rings is 1. The van der Waals surface area contributed by atoms with Gasteiger partial charge in [-0.05, 0) is 12.1 Å². The maximum Gasteiger partial charge on any atom is 0.336 e. The normalized spacial score (nSPS) is 10.6. The third kappa shape index (κ3) is 2.79. The van der Waals surface area contributed by atoms with Crippen LogP contribution in [-0.4, -0.2) is 48.4 Å². The van der Waals surface area contributed by atoms with E-state index in [1.807, 2.05) is 11.9 Å². The Morgan fingerprint density at radius 1 is 1.47 bits per heavy atom. The van der Waals surface area contributed by atoms with Crippen LogP contribution in [0.5, 0.6) is 0 Å². The van der Waals surface area contributed by atoms with Crippen molar-refractivity contribution in [3.63, 3.8) is 0 Å². The molecular formula is C13H15N3O3. The number of aromatic carboxylic acids is 1. The molecule has 1 aromatic carbocycles. The lowest BCUT2D eigenvalue weighted by atomic mass is 10.1. The van der Waals surface area contributed by atoms with E-state index >= 15 is 0 Å². The summed E-state index contributed by atoms with van der Waals surface area (Å²) in [6.07, 6.45) is 1.55. The van der Waals surface area contributed by atoms with Crippen LogP contribution in [0.3, 0.4) is 0 Å². The van der Waals surface area contributed by atoms with E-state index in [1.54, 1.807) is 31.5 Å². The highest BCUT2D eigenvalue weighted by Gasteiger charge is 2.11. The summed E-state index contributed by atoms with van der Waals surface area (Å²) >= 11 is 0. The van der Waals surface area contributed by atoms with E-state index in [0.29, 0.717) is 30.0 Å². The molecule has 6 nitrogen and oxygen atoms in total. The summed E-state index contributed by atoms with van der Waals surface area (Å²) in [5.74, 6) is -0.429. The van der Waals surface area contributed by atoms with Crippen molar-refractivity contribution >= 4 is 22.8 Å². The Morgan fingerprint density at radius 3 is 2.95 bits per heavy atom. The molecule has 2 rings (SSSR count). The molecule has 0 aliphatic heterocycles. The van der Waals surface area contributed by atoms with Gasteiger partial charge < -0.3 is 14.7 Å². The van der Waals surface area contributed by atoms with Gasteiger partial charge in [-0.1, -0.05) is 6.07 Å². The molecule has 0 amide bonds. The fourth-order valence-corrected chi connectivity index (χ4v) is 1.74. The SMILES string of the molecule is COCCN(C)c1ncc2c(C(=O)O)cccc2n1. The highest BCUT2D eigenvalue weighted by molar-refractivity contribution is 6.02. The number of likely N-dealkylation sites (N-methyl/N-ethyl adjacent to an activating group) is 1. The molecule has 0 aliphatic carbocycles. The van der Waals surface area contributed by atoms with E-state index < -0.39 is 5.97 Å². The van der Waals surface area contributed by atoms with E-state index in [-0.39, 0.29) is 5.56 Å². The minimum absolute atomic E-state index is 0.212. The number of carboxylic acids is 1. The molecule has 0 atom stereocenters. The van der Waals surface area contributed by atoms with E-state index in [1.165, 1.54) is 0 Å². The molecule has 0 aliphatic rings. The first kappa shape index (κ1) is 13.2. The zero-order valence-corrected chi connectivity index (χ0v) is 10.8. The first-order valence-corrected chi connectivity index (χ1v) is 5.82. The van der Waals surface area contributed by atoms with E-state index in [9.17, 15) is 4.79 Å². The predicted molar refractivity (Wildman–Crippen MR) is 71.6 cm³/mol. The van der Waals surface area contributed by atoms with Crippen molar-refractivity contribution in [1.82, 2.24) is 9.97 Å². The number of aromatic nitrogens is 2. The molecule has 1 N–H and O–H groups in total. The van der Waals surface area contributed by atoms with Gasteiger partial charge in [-0.2, -0.15) is 0 Å². The van der Waals surface area contributed by atoms with Crippen molar-refractivity contribution in [2.75, 3.05) is 32.2 Å². The Morgan fingerprint density at radius 2 is 2.26 bits per heavy atom. The third-order valence-electron chi connectivity index (χ3n) is 2.82. The fraction of sp³-hybridized carbons (Fsp3) is 0.308. The Balaban J connectivity index is 2.39. The average molecular weight is 261 g/mol. The number of carboxylic acid groups (broad SMARTS) is 1. The quantitative estimate of drug-likeness (QED) is 0.877. The number of ether oxygens (including phenoxy) is 1. The zero-order valence-electron chi connectivity index (χ0n) is 10.8. The van der Waals surface area contributed by atoms with Crippen LogP contribution in [0.15, 0.2) is 24.4 Å². The maximum atomic E-state index is 11.1. The first-order chi connectivity index (χ1) is 9.13. The van der Waals surface area contributed by atoms with Crippen molar-refractivity contribution in [1.29, 1.82) is 0 Å². The summed E-state index contributed by atoms with van der Waals surface area (Å²) < 4.78 is 5.00. The highest BCUT2D eigenvalue weighted by atomic mass is 16.5. The van der Waals surface area contributed by atoms with Crippen molar-refractivity contribution < 1.29 is 14.6 Å². The third-order valence-corrected chi connectivity index (χ3v) is 2.82. The Bertz CT molecular complexity index is 601. The molecule has 0 saturated heterocycles. The van der Waals surface area contributed by atoms with Gasteiger partial charge in [0.1, 0.15) is 0 Å². The smallest absolute Gasteiger partial charge is 0.336 e. The van der Waals surface area contributed by atoms with Gasteiger partial charge in [-0.15, -0.1) is 0 Å². The van der Waals surface area contributed by atoms with Gasteiger partial charge in [0, 0.05) is 32.3 Å². The lowest BCUT2D eigenvalue weighted by molar-refractivity contribution is 0.0699. The molecule has 2 aromatic rings. The van der Waals surface area contributed by atoms with Gasteiger partial charge in [0.05, 0.1) is 17.7 Å².